The molecular formula is C8H11N. The molecule has 0 radical (unpaired) electrons. The van der Waals surface area contributed by atoms with Crippen molar-refractivity contribution in [1.82, 2.24) is 5.32 Å². The molecule has 0 atom stereocenters. The van der Waals surface area contributed by atoms with Crippen LogP contribution in [0.25, 0.3) is 0 Å². The Kier molecular flexibility index (Phi) is 1.08. The van der Waals surface area contributed by atoms with Gasteiger partial charge in [-0.1, -0.05) is 12.2 Å². The van der Waals surface area contributed by atoms with Gasteiger partial charge in [-0.3, -0.25) is 0 Å². The Morgan fingerprint density at radius 1 is 1.44 bits per heavy atom. The zero-order valence-electron chi connectivity index (χ0n) is 5.43. The zero-order valence-corrected chi connectivity index (χ0v) is 5.43. The summed E-state index contributed by atoms with van der Waals surface area (Å²) in [5, 5.41) is 3.21. The standard InChI is InChI=1S/C8H11N/c1-2-8(6-9-5-1)7-3-4-7/h1-2,6-7,9H,3-5H2. The van der Waals surface area contributed by atoms with E-state index >= 15 is 0 Å². The van der Waals surface area contributed by atoms with E-state index in [2.05, 4.69) is 23.7 Å². The van der Waals surface area contributed by atoms with Crippen molar-refractivity contribution in [2.45, 2.75) is 12.8 Å². The lowest BCUT2D eigenvalue weighted by molar-refractivity contribution is 0.908. The Hall–Kier alpha value is -0.720. The van der Waals surface area contributed by atoms with Crippen molar-refractivity contribution in [3.05, 3.63) is 23.9 Å². The maximum Gasteiger partial charge on any atom is 0.0328 e. The van der Waals surface area contributed by atoms with Crippen molar-refractivity contribution >= 4 is 0 Å². The van der Waals surface area contributed by atoms with E-state index in [0.717, 1.165) is 12.5 Å². The van der Waals surface area contributed by atoms with E-state index < -0.39 is 0 Å². The summed E-state index contributed by atoms with van der Waals surface area (Å²) in [5.74, 6) is 0.897. The molecule has 1 aliphatic heterocycles. The minimum atomic E-state index is 0.897. The second-order valence-electron chi connectivity index (χ2n) is 2.73. The fourth-order valence-electron chi connectivity index (χ4n) is 1.16. The number of allylic oxidation sites excluding steroid dienone is 2. The molecular weight excluding hydrogens is 110 g/mol. The van der Waals surface area contributed by atoms with Crippen molar-refractivity contribution in [2.75, 3.05) is 6.54 Å². The highest BCUT2D eigenvalue weighted by Crippen LogP contribution is 2.37. The van der Waals surface area contributed by atoms with Crippen LogP contribution >= 0.6 is 0 Å². The molecule has 0 aromatic heterocycles. The number of hydrogen-bond donors (Lipinski definition) is 1. The molecule has 1 heterocycles. The van der Waals surface area contributed by atoms with Crippen molar-refractivity contribution in [3.63, 3.8) is 0 Å². The first-order valence-corrected chi connectivity index (χ1v) is 3.57. The van der Waals surface area contributed by atoms with Gasteiger partial charge < -0.3 is 5.32 Å². The summed E-state index contributed by atoms with van der Waals surface area (Å²) in [6.45, 7) is 1.01. The van der Waals surface area contributed by atoms with E-state index in [9.17, 15) is 0 Å². The van der Waals surface area contributed by atoms with E-state index in [1.807, 2.05) is 0 Å². The van der Waals surface area contributed by atoms with E-state index in [0.29, 0.717) is 0 Å². The first kappa shape index (κ1) is 5.10. The van der Waals surface area contributed by atoms with Crippen LogP contribution in [0.1, 0.15) is 12.8 Å². The van der Waals surface area contributed by atoms with Crippen LogP contribution in [0.3, 0.4) is 0 Å². The highest BCUT2D eigenvalue weighted by molar-refractivity contribution is 5.27. The van der Waals surface area contributed by atoms with Crippen molar-refractivity contribution in [3.8, 4) is 0 Å². The molecule has 0 bridgehead atoms. The molecule has 2 rings (SSSR count). The quantitative estimate of drug-likeness (QED) is 0.553. The second kappa shape index (κ2) is 1.90. The molecule has 9 heavy (non-hydrogen) atoms. The molecule has 0 amide bonds. The Bertz CT molecular complexity index is 163. The first-order chi connectivity index (χ1) is 4.47. The van der Waals surface area contributed by atoms with Gasteiger partial charge in [0.25, 0.3) is 0 Å². The Balaban J connectivity index is 2.08. The highest BCUT2D eigenvalue weighted by Gasteiger charge is 2.24. The SMILES string of the molecule is C1=CC(C2CC2)=CNC1. The molecule has 1 nitrogen and oxygen atoms in total. The molecule has 1 heteroatoms. The fraction of sp³-hybridized carbons (Fsp3) is 0.500. The molecule has 0 saturated heterocycles. The predicted molar refractivity (Wildman–Crippen MR) is 37.9 cm³/mol. The van der Waals surface area contributed by atoms with Crippen molar-refractivity contribution in [1.29, 1.82) is 0 Å². The van der Waals surface area contributed by atoms with Gasteiger partial charge >= 0.3 is 0 Å². The van der Waals surface area contributed by atoms with Crippen LogP contribution in [0.15, 0.2) is 23.9 Å². The third-order valence-electron chi connectivity index (χ3n) is 1.86. The third kappa shape index (κ3) is 0.995. The molecule has 0 spiro atoms. The largest absolute Gasteiger partial charge is 0.387 e. The topological polar surface area (TPSA) is 12.0 Å². The van der Waals surface area contributed by atoms with Crippen molar-refractivity contribution < 1.29 is 0 Å². The van der Waals surface area contributed by atoms with Gasteiger partial charge in [0.2, 0.25) is 0 Å². The summed E-state index contributed by atoms with van der Waals surface area (Å²) in [6, 6.07) is 0. The molecule has 1 N–H and O–H groups in total. The van der Waals surface area contributed by atoms with Gasteiger partial charge in [0.05, 0.1) is 0 Å². The van der Waals surface area contributed by atoms with Crippen LogP contribution in [-0.4, -0.2) is 6.54 Å². The van der Waals surface area contributed by atoms with Gasteiger partial charge in [-0.25, -0.2) is 0 Å². The smallest absolute Gasteiger partial charge is 0.0328 e. The Labute approximate surface area is 55.5 Å². The van der Waals surface area contributed by atoms with E-state index in [-0.39, 0.29) is 0 Å². The van der Waals surface area contributed by atoms with Gasteiger partial charge in [0.1, 0.15) is 0 Å². The van der Waals surface area contributed by atoms with Gasteiger partial charge in [0.15, 0.2) is 0 Å². The first-order valence-electron chi connectivity index (χ1n) is 3.57. The monoisotopic (exact) mass is 121 g/mol. The lowest BCUT2D eigenvalue weighted by Crippen LogP contribution is -2.09. The van der Waals surface area contributed by atoms with E-state index in [1.165, 1.54) is 18.4 Å². The summed E-state index contributed by atoms with van der Waals surface area (Å²) in [7, 11) is 0. The minimum Gasteiger partial charge on any atom is -0.387 e. The van der Waals surface area contributed by atoms with Crippen LogP contribution in [0, 0.1) is 5.92 Å². The number of hydrogen-bond acceptors (Lipinski definition) is 1. The molecule has 48 valence electrons. The van der Waals surface area contributed by atoms with Crippen molar-refractivity contribution in [2.24, 2.45) is 5.92 Å². The van der Waals surface area contributed by atoms with Crippen LogP contribution in [0.2, 0.25) is 0 Å². The van der Waals surface area contributed by atoms with Crippen LogP contribution in [-0.2, 0) is 0 Å². The Morgan fingerprint density at radius 3 is 2.89 bits per heavy atom. The second-order valence-corrected chi connectivity index (χ2v) is 2.73. The molecule has 1 fully saturated rings. The molecule has 0 aromatic carbocycles. The van der Waals surface area contributed by atoms with Crippen LogP contribution in [0.4, 0.5) is 0 Å². The summed E-state index contributed by atoms with van der Waals surface area (Å²) in [4.78, 5) is 0. The summed E-state index contributed by atoms with van der Waals surface area (Å²) in [6.07, 6.45) is 9.38. The third-order valence-corrected chi connectivity index (χ3v) is 1.86. The zero-order chi connectivity index (χ0) is 6.10. The Morgan fingerprint density at radius 2 is 2.33 bits per heavy atom. The van der Waals surface area contributed by atoms with E-state index in [4.69, 9.17) is 0 Å². The molecule has 0 unspecified atom stereocenters. The molecule has 0 aromatic rings. The predicted octanol–water partition coefficient (Wildman–Crippen LogP) is 1.44. The summed E-state index contributed by atoms with van der Waals surface area (Å²) in [5.41, 5.74) is 1.50. The van der Waals surface area contributed by atoms with Gasteiger partial charge in [0, 0.05) is 12.7 Å². The van der Waals surface area contributed by atoms with Crippen LogP contribution < -0.4 is 5.32 Å². The lowest BCUT2D eigenvalue weighted by Gasteiger charge is -2.05. The maximum atomic E-state index is 3.21. The number of rotatable bonds is 1. The minimum absolute atomic E-state index is 0.897. The number of nitrogens with one attached hydrogen (secondary N) is 1. The molecule has 1 saturated carbocycles. The highest BCUT2D eigenvalue weighted by atomic mass is 14.8. The van der Waals surface area contributed by atoms with Gasteiger partial charge in [-0.15, -0.1) is 0 Å². The average molecular weight is 121 g/mol. The van der Waals surface area contributed by atoms with Gasteiger partial charge in [-0.2, -0.15) is 0 Å². The fourth-order valence-corrected chi connectivity index (χ4v) is 1.16. The summed E-state index contributed by atoms with van der Waals surface area (Å²) < 4.78 is 0. The lowest BCUT2D eigenvalue weighted by atomic mass is 10.1. The van der Waals surface area contributed by atoms with E-state index in [1.54, 1.807) is 0 Å². The summed E-state index contributed by atoms with van der Waals surface area (Å²) >= 11 is 0. The maximum absolute atomic E-state index is 3.21. The van der Waals surface area contributed by atoms with Crippen LogP contribution in [0.5, 0.6) is 0 Å². The normalized spacial score (nSPS) is 25.1. The average Bonchev–Trinajstić information content (AvgIpc) is 2.71. The van der Waals surface area contributed by atoms with Gasteiger partial charge in [-0.05, 0) is 24.3 Å². The molecule has 2 aliphatic rings. The molecule has 1 aliphatic carbocycles. The number of dihydropyridines is 1.